The summed E-state index contributed by atoms with van der Waals surface area (Å²) in [7, 11) is 0. The van der Waals surface area contributed by atoms with Crippen molar-refractivity contribution in [3.05, 3.63) is 122 Å². The van der Waals surface area contributed by atoms with E-state index < -0.39 is 65.2 Å². The molecule has 270 valence electrons. The van der Waals surface area contributed by atoms with Gasteiger partial charge in [-0.3, -0.25) is 14.4 Å². The fraction of sp³-hybridized carbons (Fsp3) is 0.200. The first-order valence-electron chi connectivity index (χ1n) is 15.9. The van der Waals surface area contributed by atoms with Gasteiger partial charge < -0.3 is 14.8 Å². The second-order valence-corrected chi connectivity index (χ2v) is 12.4. The number of amides is 3. The van der Waals surface area contributed by atoms with Crippen LogP contribution in [-0.4, -0.2) is 34.1 Å². The number of ether oxygens (including phenoxy) is 2. The fourth-order valence-electron chi connectivity index (χ4n) is 6.22. The van der Waals surface area contributed by atoms with Crippen molar-refractivity contribution in [2.24, 2.45) is 5.11 Å². The third-order valence-corrected chi connectivity index (χ3v) is 8.88. The average Bonchev–Trinajstić information content (AvgIpc) is 3.64. The van der Waals surface area contributed by atoms with Gasteiger partial charge in [-0.2, -0.15) is 18.3 Å². The van der Waals surface area contributed by atoms with Gasteiger partial charge in [0.15, 0.2) is 17.8 Å². The minimum atomic E-state index is -5.00. The first-order valence-corrected chi connectivity index (χ1v) is 16.2. The molecular weight excluding hydrogens is 729 g/mol. The second-order valence-electron chi connectivity index (χ2n) is 12.0. The normalized spacial score (nSPS) is 15.7. The number of rotatable bonds is 8. The number of azide groups is 1. The Labute approximate surface area is 300 Å². The van der Waals surface area contributed by atoms with Crippen molar-refractivity contribution in [2.75, 3.05) is 16.8 Å². The van der Waals surface area contributed by atoms with Crippen molar-refractivity contribution in [3.63, 3.8) is 0 Å². The lowest BCUT2D eigenvalue weighted by molar-refractivity contribution is -0.137. The van der Waals surface area contributed by atoms with Gasteiger partial charge in [0, 0.05) is 23.1 Å². The van der Waals surface area contributed by atoms with Gasteiger partial charge >= 0.3 is 6.18 Å². The van der Waals surface area contributed by atoms with Crippen LogP contribution in [0.15, 0.2) is 71.8 Å². The maximum Gasteiger partial charge on any atom is 0.416 e. The van der Waals surface area contributed by atoms with E-state index in [0.29, 0.717) is 31.6 Å². The quantitative estimate of drug-likeness (QED) is 0.0549. The highest BCUT2D eigenvalue weighted by molar-refractivity contribution is 6.36. The van der Waals surface area contributed by atoms with Crippen LogP contribution in [0.3, 0.4) is 0 Å². The molecule has 1 unspecified atom stereocenters. The van der Waals surface area contributed by atoms with Crippen LogP contribution in [0.2, 0.25) is 5.02 Å². The van der Waals surface area contributed by atoms with Crippen molar-refractivity contribution >= 4 is 51.7 Å². The number of hydrogen-bond donors (Lipinski definition) is 1. The molecule has 0 bridgehead atoms. The predicted octanol–water partition coefficient (Wildman–Crippen LogP) is 9.34. The molecule has 53 heavy (non-hydrogen) atoms. The van der Waals surface area contributed by atoms with E-state index in [1.165, 1.54) is 28.9 Å². The first kappa shape index (κ1) is 35.4. The predicted molar refractivity (Wildman–Crippen MR) is 180 cm³/mol. The van der Waals surface area contributed by atoms with Gasteiger partial charge in [-0.1, -0.05) is 28.8 Å². The molecule has 5 aromatic rings. The minimum Gasteiger partial charge on any atom is -0.453 e. The monoisotopic (exact) mass is 751 g/mol. The average molecular weight is 752 g/mol. The Bertz CT molecular complexity index is 2350. The molecule has 2 aliphatic rings. The number of fused-ring (bicyclic) bond motifs is 2. The molecule has 3 amide bonds. The van der Waals surface area contributed by atoms with Gasteiger partial charge in [0.25, 0.3) is 17.7 Å². The number of carbonyl (C=O) groups is 3. The molecule has 4 aromatic carbocycles. The van der Waals surface area contributed by atoms with Crippen LogP contribution in [0.4, 0.5) is 33.5 Å². The van der Waals surface area contributed by atoms with Gasteiger partial charge in [0.05, 0.1) is 44.8 Å². The van der Waals surface area contributed by atoms with Gasteiger partial charge in [0.2, 0.25) is 0 Å². The lowest BCUT2D eigenvalue weighted by Crippen LogP contribution is -2.30. The summed E-state index contributed by atoms with van der Waals surface area (Å²) < 4.78 is 83.4. The number of nitrogens with one attached hydrogen (secondary N) is 1. The Balaban J connectivity index is 1.53. The number of carbonyl (C=O) groups excluding carboxylic acids is 3. The molecule has 1 fully saturated rings. The van der Waals surface area contributed by atoms with Crippen LogP contribution in [0.5, 0.6) is 11.5 Å². The molecule has 7 rings (SSSR count). The van der Waals surface area contributed by atoms with Crippen LogP contribution in [0.25, 0.3) is 21.3 Å². The molecule has 0 radical (unpaired) electrons. The highest BCUT2D eigenvalue weighted by Crippen LogP contribution is 2.48. The summed E-state index contributed by atoms with van der Waals surface area (Å²) >= 11 is 6.39. The van der Waals surface area contributed by atoms with Crippen molar-refractivity contribution in [1.29, 1.82) is 0 Å². The Hall–Kier alpha value is -6.03. The topological polar surface area (TPSA) is 152 Å². The number of aromatic nitrogens is 2. The molecule has 3 heterocycles. The number of hydrogen-bond acceptors (Lipinski definition) is 7. The van der Waals surface area contributed by atoms with Crippen molar-refractivity contribution < 1.29 is 45.8 Å². The number of anilines is 2. The summed E-state index contributed by atoms with van der Waals surface area (Å²) in [5, 5.41) is 10.5. The van der Waals surface area contributed by atoms with Gasteiger partial charge in [-0.15, -0.1) is 0 Å². The van der Waals surface area contributed by atoms with E-state index in [9.17, 15) is 41.9 Å². The Morgan fingerprint density at radius 1 is 1.04 bits per heavy atom. The van der Waals surface area contributed by atoms with E-state index in [2.05, 4.69) is 20.4 Å². The molecule has 1 N–H and O–H groups in total. The molecule has 1 saturated heterocycles. The van der Waals surface area contributed by atoms with E-state index in [-0.39, 0.29) is 55.9 Å². The molecule has 0 aliphatic carbocycles. The summed E-state index contributed by atoms with van der Waals surface area (Å²) in [6.45, 7) is -0.0982. The van der Waals surface area contributed by atoms with Gasteiger partial charge in [-0.25, -0.2) is 18.4 Å². The Morgan fingerprint density at radius 2 is 1.77 bits per heavy atom. The minimum absolute atomic E-state index is 0.0510. The highest BCUT2D eigenvalue weighted by atomic mass is 35.5. The van der Waals surface area contributed by atoms with Crippen LogP contribution in [0.1, 0.15) is 67.7 Å². The third kappa shape index (κ3) is 6.61. The van der Waals surface area contributed by atoms with Crippen LogP contribution >= 0.6 is 11.6 Å². The summed E-state index contributed by atoms with van der Waals surface area (Å²) in [6, 6.07) is 11.6. The van der Waals surface area contributed by atoms with E-state index in [4.69, 9.17) is 21.1 Å². The van der Waals surface area contributed by atoms with E-state index in [1.54, 1.807) is 12.1 Å². The molecule has 0 saturated carbocycles. The van der Waals surface area contributed by atoms with Crippen molar-refractivity contribution in [1.82, 2.24) is 9.78 Å². The summed E-state index contributed by atoms with van der Waals surface area (Å²) in [4.78, 5) is 45.1. The molecular formula is C35H23ClF5N7O5. The zero-order valence-corrected chi connectivity index (χ0v) is 27.7. The maximum absolute atomic E-state index is 14.6. The largest absolute Gasteiger partial charge is 0.453 e. The summed E-state index contributed by atoms with van der Waals surface area (Å²) in [5.74, 6) is -5.98. The SMILES string of the molecule is [N-]=[N+]=NCc1cc(NC(=O)c2cc(F)cc(C(F)(F)F)c2)c(Oc2cc(F)ccc2Cl)c2c(N3C(=O)c4ccccc4C3=O)nn(C3CCCCO3)c12. The van der Waals surface area contributed by atoms with E-state index in [1.807, 2.05) is 0 Å². The molecule has 12 nitrogen and oxygen atoms in total. The number of alkyl halides is 3. The highest BCUT2D eigenvalue weighted by Gasteiger charge is 2.41. The molecule has 1 aromatic heterocycles. The number of benzene rings is 4. The molecule has 18 heteroatoms. The Kier molecular flexibility index (Phi) is 9.24. The van der Waals surface area contributed by atoms with Crippen LogP contribution in [0, 0.1) is 11.6 Å². The lowest BCUT2D eigenvalue weighted by Gasteiger charge is -2.24. The van der Waals surface area contributed by atoms with Gasteiger partial charge in [-0.05, 0) is 78.9 Å². The standard InChI is InChI=1S/C35H23ClF5N7O5/c36-24-9-8-20(37)15-26(24)53-30-25(44-32(49)17-11-19(35(39,40)41)14-21(38)12-17)13-18(16-43-46-42)29-28(30)31(45-48(29)27-7-3-4-10-52-27)47-33(50)22-5-1-2-6-23(22)34(47)51/h1-2,5-6,8-9,11-15,27H,3-4,7,10,16H2,(H,44,49). The zero-order chi connectivity index (χ0) is 37.6. The smallest absolute Gasteiger partial charge is 0.416 e. The molecule has 2 aliphatic heterocycles. The first-order chi connectivity index (χ1) is 25.3. The second kappa shape index (κ2) is 13.8. The molecule has 0 spiro atoms. The maximum atomic E-state index is 14.6. The number of nitrogens with zero attached hydrogens (tertiary/aromatic N) is 6. The zero-order valence-electron chi connectivity index (χ0n) is 27.0. The van der Waals surface area contributed by atoms with E-state index in [0.717, 1.165) is 23.5 Å². The van der Waals surface area contributed by atoms with Gasteiger partial charge in [0.1, 0.15) is 17.4 Å². The molecule has 1 atom stereocenters. The number of halogens is 6. The fourth-order valence-corrected chi connectivity index (χ4v) is 6.37. The van der Waals surface area contributed by atoms with Crippen molar-refractivity contribution in [3.8, 4) is 11.5 Å². The van der Waals surface area contributed by atoms with Crippen LogP contribution in [-0.2, 0) is 17.5 Å². The lowest BCUT2D eigenvalue weighted by atomic mass is 10.1. The van der Waals surface area contributed by atoms with Crippen molar-refractivity contribution in [2.45, 2.75) is 38.2 Å². The third-order valence-electron chi connectivity index (χ3n) is 8.57. The summed E-state index contributed by atoms with van der Waals surface area (Å²) in [5.41, 5.74) is 7.12. The van der Waals surface area contributed by atoms with Crippen LogP contribution < -0.4 is 15.0 Å². The number of imide groups is 1. The summed E-state index contributed by atoms with van der Waals surface area (Å²) in [6.07, 6.45) is -3.93. The van der Waals surface area contributed by atoms with E-state index >= 15 is 0 Å². The Morgan fingerprint density at radius 3 is 2.43 bits per heavy atom.